The minimum Gasteiger partial charge on any atom is -0.379 e. The number of para-hydroxylation sites is 1. The molecule has 2 aliphatic heterocycles. The van der Waals surface area contributed by atoms with Gasteiger partial charge in [0.05, 0.1) is 24.2 Å². The molecule has 1 saturated heterocycles. The molecule has 146 valence electrons. The van der Waals surface area contributed by atoms with Crippen molar-refractivity contribution in [2.24, 2.45) is 5.92 Å². The molecular formula is C22H24N2O3S. The summed E-state index contributed by atoms with van der Waals surface area (Å²) in [5.41, 5.74) is 3.66. The van der Waals surface area contributed by atoms with Gasteiger partial charge in [0.25, 0.3) is 0 Å². The molecule has 2 heterocycles. The normalized spacial score (nSPS) is 27.1. The predicted octanol–water partition coefficient (Wildman–Crippen LogP) is 3.53. The highest BCUT2D eigenvalue weighted by molar-refractivity contribution is 7.89. The van der Waals surface area contributed by atoms with Gasteiger partial charge in [0.1, 0.15) is 0 Å². The molecule has 0 saturated carbocycles. The molecule has 1 N–H and O–H groups in total. The van der Waals surface area contributed by atoms with Crippen molar-refractivity contribution in [3.63, 3.8) is 0 Å². The highest BCUT2D eigenvalue weighted by Gasteiger charge is 2.37. The molecule has 0 bridgehead atoms. The van der Waals surface area contributed by atoms with Crippen molar-refractivity contribution in [3.8, 4) is 0 Å². The third kappa shape index (κ3) is 2.96. The van der Waals surface area contributed by atoms with Gasteiger partial charge in [0, 0.05) is 24.7 Å². The van der Waals surface area contributed by atoms with Crippen molar-refractivity contribution in [1.82, 2.24) is 4.31 Å². The Morgan fingerprint density at radius 1 is 1.00 bits per heavy atom. The zero-order valence-corrected chi connectivity index (χ0v) is 16.4. The van der Waals surface area contributed by atoms with E-state index in [-0.39, 0.29) is 6.04 Å². The van der Waals surface area contributed by atoms with Crippen LogP contribution in [-0.2, 0) is 14.8 Å². The van der Waals surface area contributed by atoms with Crippen LogP contribution in [-0.4, -0.2) is 39.0 Å². The Balaban J connectivity index is 1.43. The SMILES string of the molecule is O=S(=O)(c1ccc([C@@H]2Nc3ccccc3[C@@H]3C=CC[C@H]32)cc1)N1CCOCC1. The molecule has 0 radical (unpaired) electrons. The summed E-state index contributed by atoms with van der Waals surface area (Å²) < 4.78 is 32.5. The highest BCUT2D eigenvalue weighted by atomic mass is 32.2. The Morgan fingerprint density at radius 3 is 2.54 bits per heavy atom. The van der Waals surface area contributed by atoms with E-state index in [1.807, 2.05) is 12.1 Å². The molecule has 3 atom stereocenters. The molecule has 0 unspecified atom stereocenters. The van der Waals surface area contributed by atoms with Gasteiger partial charge in [-0.05, 0) is 41.7 Å². The van der Waals surface area contributed by atoms with Crippen molar-refractivity contribution in [3.05, 3.63) is 71.8 Å². The number of hydrogen-bond acceptors (Lipinski definition) is 4. The molecule has 3 aliphatic rings. The summed E-state index contributed by atoms with van der Waals surface area (Å²) in [5.74, 6) is 0.871. The first-order chi connectivity index (χ1) is 13.6. The summed E-state index contributed by atoms with van der Waals surface area (Å²) >= 11 is 0. The van der Waals surface area contributed by atoms with Gasteiger partial charge >= 0.3 is 0 Å². The fourth-order valence-electron chi connectivity index (χ4n) is 4.66. The monoisotopic (exact) mass is 396 g/mol. The number of nitrogens with zero attached hydrogens (tertiary/aromatic N) is 1. The van der Waals surface area contributed by atoms with Crippen LogP contribution >= 0.6 is 0 Å². The van der Waals surface area contributed by atoms with Crippen LogP contribution in [0, 0.1) is 5.92 Å². The number of allylic oxidation sites excluding steroid dienone is 2. The lowest BCUT2D eigenvalue weighted by Gasteiger charge is -2.37. The summed E-state index contributed by atoms with van der Waals surface area (Å²) in [6, 6.07) is 16.1. The lowest BCUT2D eigenvalue weighted by atomic mass is 9.77. The van der Waals surface area contributed by atoms with Crippen LogP contribution in [0.15, 0.2) is 65.6 Å². The maximum atomic E-state index is 12.9. The molecule has 1 fully saturated rings. The van der Waals surface area contributed by atoms with E-state index in [0.29, 0.717) is 43.0 Å². The van der Waals surface area contributed by atoms with E-state index in [0.717, 1.165) is 12.0 Å². The largest absolute Gasteiger partial charge is 0.379 e. The molecule has 28 heavy (non-hydrogen) atoms. The van der Waals surface area contributed by atoms with Gasteiger partial charge in [-0.25, -0.2) is 8.42 Å². The van der Waals surface area contributed by atoms with Crippen LogP contribution < -0.4 is 5.32 Å². The Hall–Kier alpha value is -2.15. The maximum absolute atomic E-state index is 12.9. The van der Waals surface area contributed by atoms with Gasteiger partial charge in [-0.3, -0.25) is 0 Å². The van der Waals surface area contributed by atoms with Crippen LogP contribution in [0.5, 0.6) is 0 Å². The molecule has 1 aliphatic carbocycles. The van der Waals surface area contributed by atoms with E-state index >= 15 is 0 Å². The Labute approximate surface area is 166 Å². The van der Waals surface area contributed by atoms with Gasteiger partial charge in [0.15, 0.2) is 0 Å². The molecule has 2 aromatic carbocycles. The fourth-order valence-corrected chi connectivity index (χ4v) is 6.06. The molecule has 0 aromatic heterocycles. The Morgan fingerprint density at radius 2 is 1.75 bits per heavy atom. The first kappa shape index (κ1) is 17.9. The predicted molar refractivity (Wildman–Crippen MR) is 109 cm³/mol. The van der Waals surface area contributed by atoms with Crippen molar-refractivity contribution in [1.29, 1.82) is 0 Å². The summed E-state index contributed by atoms with van der Waals surface area (Å²) in [5, 5.41) is 3.69. The van der Waals surface area contributed by atoms with E-state index in [1.165, 1.54) is 15.6 Å². The smallest absolute Gasteiger partial charge is 0.243 e. The van der Waals surface area contributed by atoms with E-state index in [9.17, 15) is 8.42 Å². The number of morpholine rings is 1. The first-order valence-corrected chi connectivity index (χ1v) is 11.3. The fraction of sp³-hybridized carbons (Fsp3) is 0.364. The van der Waals surface area contributed by atoms with Crippen molar-refractivity contribution < 1.29 is 13.2 Å². The van der Waals surface area contributed by atoms with E-state index in [1.54, 1.807) is 12.1 Å². The number of fused-ring (bicyclic) bond motifs is 3. The molecule has 2 aromatic rings. The second-order valence-corrected chi connectivity index (χ2v) is 9.59. The van der Waals surface area contributed by atoms with Gasteiger partial charge in [-0.15, -0.1) is 0 Å². The third-order valence-electron chi connectivity index (χ3n) is 6.12. The Bertz CT molecular complexity index is 995. The summed E-state index contributed by atoms with van der Waals surface area (Å²) in [6.07, 6.45) is 5.61. The highest BCUT2D eigenvalue weighted by Crippen LogP contribution is 2.49. The average Bonchev–Trinajstić information content (AvgIpc) is 3.24. The first-order valence-electron chi connectivity index (χ1n) is 9.84. The zero-order valence-electron chi connectivity index (χ0n) is 15.6. The molecule has 0 amide bonds. The Kier molecular flexibility index (Phi) is 4.50. The zero-order chi connectivity index (χ0) is 19.1. The van der Waals surface area contributed by atoms with Gasteiger partial charge in [-0.1, -0.05) is 42.5 Å². The molecule has 0 spiro atoms. The summed E-state index contributed by atoms with van der Waals surface area (Å²) in [4.78, 5) is 0.357. The van der Waals surface area contributed by atoms with Gasteiger partial charge < -0.3 is 10.1 Å². The number of rotatable bonds is 3. The summed E-state index contributed by atoms with van der Waals surface area (Å²) in [6.45, 7) is 1.75. The van der Waals surface area contributed by atoms with Crippen LogP contribution in [0.25, 0.3) is 0 Å². The number of anilines is 1. The topological polar surface area (TPSA) is 58.6 Å². The molecule has 5 rings (SSSR count). The quantitative estimate of drug-likeness (QED) is 0.807. The number of ether oxygens (including phenoxy) is 1. The molecular weight excluding hydrogens is 372 g/mol. The lowest BCUT2D eigenvalue weighted by Crippen LogP contribution is -2.40. The minimum absolute atomic E-state index is 0.176. The third-order valence-corrected chi connectivity index (χ3v) is 8.03. The minimum atomic E-state index is -3.46. The average molecular weight is 397 g/mol. The maximum Gasteiger partial charge on any atom is 0.243 e. The number of benzene rings is 2. The van der Waals surface area contributed by atoms with Gasteiger partial charge in [0.2, 0.25) is 10.0 Å². The summed E-state index contributed by atoms with van der Waals surface area (Å²) in [7, 11) is -3.46. The van der Waals surface area contributed by atoms with Gasteiger partial charge in [-0.2, -0.15) is 4.31 Å². The second-order valence-electron chi connectivity index (χ2n) is 7.65. The van der Waals surface area contributed by atoms with Crippen molar-refractivity contribution in [2.75, 3.05) is 31.6 Å². The number of sulfonamides is 1. The number of hydrogen-bond donors (Lipinski definition) is 1. The molecule has 5 nitrogen and oxygen atoms in total. The van der Waals surface area contributed by atoms with Crippen LogP contribution in [0.4, 0.5) is 5.69 Å². The van der Waals surface area contributed by atoms with Crippen LogP contribution in [0.1, 0.15) is 29.5 Å². The number of nitrogens with one attached hydrogen (secondary N) is 1. The van der Waals surface area contributed by atoms with E-state index < -0.39 is 10.0 Å². The molecule has 6 heteroatoms. The van der Waals surface area contributed by atoms with Crippen LogP contribution in [0.2, 0.25) is 0 Å². The van der Waals surface area contributed by atoms with E-state index in [2.05, 4.69) is 41.7 Å². The van der Waals surface area contributed by atoms with Crippen molar-refractivity contribution >= 4 is 15.7 Å². The van der Waals surface area contributed by atoms with Crippen molar-refractivity contribution in [2.45, 2.75) is 23.3 Å². The lowest BCUT2D eigenvalue weighted by molar-refractivity contribution is 0.0730. The van der Waals surface area contributed by atoms with E-state index in [4.69, 9.17) is 4.74 Å². The van der Waals surface area contributed by atoms with Crippen LogP contribution in [0.3, 0.4) is 0 Å². The second kappa shape index (κ2) is 7.03. The standard InChI is InChI=1S/C22H24N2O3S/c25-28(26,24-12-14-27-15-13-24)17-10-8-16(9-11-17)22-20-6-3-5-18(20)19-4-1-2-7-21(19)23-22/h1-5,7-11,18,20,22-23H,6,12-15H2/t18-,20+,22-/m0/s1.